The van der Waals surface area contributed by atoms with E-state index in [9.17, 15) is 24.3 Å². The highest BCUT2D eigenvalue weighted by Crippen LogP contribution is 2.32. The largest absolute Gasteiger partial charge is 0.481 e. The Morgan fingerprint density at radius 3 is 2.25 bits per heavy atom. The van der Waals surface area contributed by atoms with Crippen LogP contribution in [0.3, 0.4) is 0 Å². The van der Waals surface area contributed by atoms with Crippen LogP contribution in [0.15, 0.2) is 30.3 Å². The number of carboxylic acids is 2. The van der Waals surface area contributed by atoms with Gasteiger partial charge in [0.15, 0.2) is 0 Å². The lowest BCUT2D eigenvalue weighted by molar-refractivity contribution is -0.137. The number of aliphatic carboxylic acids is 1. The average molecular weight is 327 g/mol. The lowest BCUT2D eigenvalue weighted by Crippen LogP contribution is -2.41. The van der Waals surface area contributed by atoms with Gasteiger partial charge in [-0.25, -0.2) is 4.79 Å². The molecule has 2 aromatic carbocycles. The molecule has 0 saturated heterocycles. The van der Waals surface area contributed by atoms with Crippen LogP contribution in [0.2, 0.25) is 0 Å². The molecule has 0 saturated carbocycles. The first kappa shape index (κ1) is 15.7. The smallest absolute Gasteiger partial charge is 0.336 e. The minimum atomic E-state index is -1.14. The quantitative estimate of drug-likeness (QED) is 0.812. The van der Waals surface area contributed by atoms with Gasteiger partial charge in [-0.2, -0.15) is 0 Å². The van der Waals surface area contributed by atoms with Crippen LogP contribution in [0.4, 0.5) is 0 Å². The number of carboxylic acid groups (broad SMARTS) is 2. The fourth-order valence-corrected chi connectivity index (χ4v) is 2.92. The summed E-state index contributed by atoms with van der Waals surface area (Å²) < 4.78 is 0. The van der Waals surface area contributed by atoms with E-state index in [0.717, 1.165) is 4.90 Å². The highest BCUT2D eigenvalue weighted by atomic mass is 16.4. The molecule has 0 atom stereocenters. The molecule has 0 fully saturated rings. The van der Waals surface area contributed by atoms with Crippen LogP contribution in [0.25, 0.3) is 10.8 Å². The van der Waals surface area contributed by atoms with Crippen molar-refractivity contribution in [2.24, 2.45) is 0 Å². The topological polar surface area (TPSA) is 112 Å². The Kier molecular flexibility index (Phi) is 3.76. The molecule has 1 aliphatic heterocycles. The minimum absolute atomic E-state index is 0.000472. The van der Waals surface area contributed by atoms with Gasteiger partial charge in [0.1, 0.15) is 0 Å². The van der Waals surface area contributed by atoms with Crippen molar-refractivity contribution in [3.63, 3.8) is 0 Å². The number of amides is 2. The second-order valence-electron chi connectivity index (χ2n) is 5.45. The Bertz CT molecular complexity index is 879. The standard InChI is InChI=1S/C17H13NO6/c19-13(20)5-2-8-18-15(21)11-4-1-3-9-10(17(23)24)6-7-12(14(9)11)16(18)22/h1,3-4,6-7H,2,5,8H2,(H,19,20)(H,23,24). The van der Waals surface area contributed by atoms with Crippen LogP contribution in [-0.4, -0.2) is 45.4 Å². The number of benzene rings is 2. The van der Waals surface area contributed by atoms with Crippen LogP contribution in [0.1, 0.15) is 43.9 Å². The molecule has 0 aromatic heterocycles. The van der Waals surface area contributed by atoms with Crippen molar-refractivity contribution >= 4 is 34.5 Å². The van der Waals surface area contributed by atoms with Gasteiger partial charge in [0, 0.05) is 29.5 Å². The van der Waals surface area contributed by atoms with Gasteiger partial charge in [0.05, 0.1) is 5.56 Å². The van der Waals surface area contributed by atoms with E-state index in [4.69, 9.17) is 5.11 Å². The Hall–Kier alpha value is -3.22. The van der Waals surface area contributed by atoms with Gasteiger partial charge in [-0.3, -0.25) is 19.3 Å². The summed E-state index contributed by atoms with van der Waals surface area (Å²) in [6.45, 7) is 0.000472. The summed E-state index contributed by atoms with van der Waals surface area (Å²) in [5.41, 5.74) is 0.525. The zero-order valence-corrected chi connectivity index (χ0v) is 12.5. The third-order valence-corrected chi connectivity index (χ3v) is 3.99. The molecule has 122 valence electrons. The first-order valence-corrected chi connectivity index (χ1v) is 7.29. The molecule has 1 aliphatic rings. The Labute approximate surface area is 136 Å². The lowest BCUT2D eigenvalue weighted by atomic mass is 9.91. The van der Waals surface area contributed by atoms with E-state index in [-0.39, 0.29) is 36.1 Å². The second-order valence-corrected chi connectivity index (χ2v) is 5.45. The summed E-state index contributed by atoms with van der Waals surface area (Å²) in [7, 11) is 0. The van der Waals surface area contributed by atoms with E-state index in [0.29, 0.717) is 10.8 Å². The highest BCUT2D eigenvalue weighted by Gasteiger charge is 2.33. The summed E-state index contributed by atoms with van der Waals surface area (Å²) in [6.07, 6.45) is 0.0113. The fourth-order valence-electron chi connectivity index (χ4n) is 2.92. The minimum Gasteiger partial charge on any atom is -0.481 e. The van der Waals surface area contributed by atoms with E-state index in [1.54, 1.807) is 12.1 Å². The summed E-state index contributed by atoms with van der Waals surface area (Å²) in [5.74, 6) is -3.21. The van der Waals surface area contributed by atoms with E-state index < -0.39 is 23.8 Å². The molecule has 0 unspecified atom stereocenters. The molecule has 0 aliphatic carbocycles. The molecule has 0 spiro atoms. The van der Waals surface area contributed by atoms with E-state index >= 15 is 0 Å². The van der Waals surface area contributed by atoms with Crippen molar-refractivity contribution in [3.05, 3.63) is 47.0 Å². The Morgan fingerprint density at radius 1 is 0.958 bits per heavy atom. The fraction of sp³-hybridized carbons (Fsp3) is 0.176. The summed E-state index contributed by atoms with van der Waals surface area (Å²) in [6, 6.07) is 7.40. The van der Waals surface area contributed by atoms with Gasteiger partial charge in [-0.1, -0.05) is 12.1 Å². The predicted molar refractivity (Wildman–Crippen MR) is 83.1 cm³/mol. The maximum atomic E-state index is 12.6. The Morgan fingerprint density at radius 2 is 1.62 bits per heavy atom. The summed E-state index contributed by atoms with van der Waals surface area (Å²) >= 11 is 0. The van der Waals surface area contributed by atoms with Gasteiger partial charge in [0.25, 0.3) is 11.8 Å². The molecule has 2 N–H and O–H groups in total. The molecule has 2 aromatic rings. The Balaban J connectivity index is 2.09. The van der Waals surface area contributed by atoms with Crippen LogP contribution in [0.5, 0.6) is 0 Å². The molecular weight excluding hydrogens is 314 g/mol. The van der Waals surface area contributed by atoms with Crippen molar-refractivity contribution in [2.75, 3.05) is 6.54 Å². The molecule has 3 rings (SSSR count). The highest BCUT2D eigenvalue weighted by molar-refractivity contribution is 6.27. The zero-order valence-electron chi connectivity index (χ0n) is 12.5. The number of hydrogen-bond acceptors (Lipinski definition) is 4. The molecule has 1 heterocycles. The molecule has 0 radical (unpaired) electrons. The summed E-state index contributed by atoms with van der Waals surface area (Å²) in [4.78, 5) is 48.1. The predicted octanol–water partition coefficient (Wildman–Crippen LogP) is 2.00. The zero-order chi connectivity index (χ0) is 17.4. The number of nitrogens with zero attached hydrogens (tertiary/aromatic N) is 1. The average Bonchev–Trinajstić information content (AvgIpc) is 2.54. The molecule has 2 amide bonds. The van der Waals surface area contributed by atoms with Gasteiger partial charge in [-0.05, 0) is 30.0 Å². The molecule has 7 nitrogen and oxygen atoms in total. The van der Waals surface area contributed by atoms with Gasteiger partial charge in [0.2, 0.25) is 0 Å². The van der Waals surface area contributed by atoms with Crippen LogP contribution in [0, 0.1) is 0 Å². The molecule has 0 bridgehead atoms. The van der Waals surface area contributed by atoms with Crippen LogP contribution < -0.4 is 0 Å². The van der Waals surface area contributed by atoms with Crippen molar-refractivity contribution in [3.8, 4) is 0 Å². The number of aromatic carboxylic acids is 1. The summed E-state index contributed by atoms with van der Waals surface area (Å²) in [5, 5.41) is 18.6. The van der Waals surface area contributed by atoms with Crippen molar-refractivity contribution in [1.29, 1.82) is 0 Å². The maximum absolute atomic E-state index is 12.6. The van der Waals surface area contributed by atoms with Gasteiger partial charge in [-0.15, -0.1) is 0 Å². The number of hydrogen-bond donors (Lipinski definition) is 2. The second kappa shape index (κ2) is 5.77. The van der Waals surface area contributed by atoms with Crippen molar-refractivity contribution in [2.45, 2.75) is 12.8 Å². The number of rotatable bonds is 5. The molecule has 24 heavy (non-hydrogen) atoms. The van der Waals surface area contributed by atoms with Crippen LogP contribution in [-0.2, 0) is 4.79 Å². The first-order chi connectivity index (χ1) is 11.4. The number of carbonyl (C=O) groups excluding carboxylic acids is 2. The van der Waals surface area contributed by atoms with Crippen molar-refractivity contribution < 1.29 is 29.4 Å². The molecule has 7 heteroatoms. The maximum Gasteiger partial charge on any atom is 0.336 e. The van der Waals surface area contributed by atoms with E-state index in [1.807, 2.05) is 0 Å². The normalized spacial score (nSPS) is 13.4. The van der Waals surface area contributed by atoms with Gasteiger partial charge >= 0.3 is 11.9 Å². The molecular formula is C17H13NO6. The number of carbonyl (C=O) groups is 4. The van der Waals surface area contributed by atoms with Gasteiger partial charge < -0.3 is 10.2 Å². The SMILES string of the molecule is O=C(O)CCCN1C(=O)c2cccc3c(C(=O)O)ccc(c23)C1=O. The van der Waals surface area contributed by atoms with E-state index in [2.05, 4.69) is 0 Å². The van der Waals surface area contributed by atoms with Crippen molar-refractivity contribution in [1.82, 2.24) is 4.90 Å². The third kappa shape index (κ3) is 2.40. The third-order valence-electron chi connectivity index (χ3n) is 3.99. The monoisotopic (exact) mass is 327 g/mol. The first-order valence-electron chi connectivity index (χ1n) is 7.29. The van der Waals surface area contributed by atoms with Crippen LogP contribution >= 0.6 is 0 Å². The van der Waals surface area contributed by atoms with E-state index in [1.165, 1.54) is 18.2 Å². The number of imide groups is 1. The lowest BCUT2D eigenvalue weighted by Gasteiger charge is -2.27.